The molecule has 0 bridgehead atoms. The number of amides is 1. The lowest BCUT2D eigenvalue weighted by Gasteiger charge is -2.12. The fraction of sp³-hybridized carbons (Fsp3) is 0.417. The van der Waals surface area contributed by atoms with Gasteiger partial charge in [0.25, 0.3) is 0 Å². The smallest absolute Gasteiger partial charge is 0.308 e. The Morgan fingerprint density at radius 3 is 2.70 bits per heavy atom. The SMILES string of the molecule is Cc1nc(/C=C/C(=O)N2CCC(C(=O)O)C2)cs1.Cl.Cl. The number of hydrogen-bond donors (Lipinski definition) is 1. The van der Waals surface area contributed by atoms with E-state index in [1.807, 2.05) is 12.3 Å². The van der Waals surface area contributed by atoms with Crippen LogP contribution < -0.4 is 0 Å². The summed E-state index contributed by atoms with van der Waals surface area (Å²) >= 11 is 1.53. The monoisotopic (exact) mass is 338 g/mol. The van der Waals surface area contributed by atoms with Gasteiger partial charge in [-0.1, -0.05) is 0 Å². The van der Waals surface area contributed by atoms with Gasteiger partial charge in [0, 0.05) is 24.5 Å². The van der Waals surface area contributed by atoms with Gasteiger partial charge in [0.2, 0.25) is 5.91 Å². The van der Waals surface area contributed by atoms with E-state index in [1.54, 1.807) is 11.0 Å². The standard InChI is InChI=1S/C12H14N2O3S.2ClH/c1-8-13-10(7-18-8)2-3-11(15)14-5-4-9(6-14)12(16)17;;/h2-3,7,9H,4-6H2,1H3,(H,16,17);2*1H/b3-2+;;. The second kappa shape index (κ2) is 8.24. The van der Waals surface area contributed by atoms with Crippen molar-refractivity contribution >= 4 is 54.1 Å². The van der Waals surface area contributed by atoms with Crippen molar-refractivity contribution in [1.29, 1.82) is 0 Å². The van der Waals surface area contributed by atoms with Crippen LogP contribution in [0.3, 0.4) is 0 Å². The molecule has 8 heteroatoms. The number of carboxylic acids is 1. The maximum absolute atomic E-state index is 11.8. The molecule has 1 aliphatic heterocycles. The lowest BCUT2D eigenvalue weighted by atomic mass is 10.1. The predicted octanol–water partition coefficient (Wildman–Crippen LogP) is 2.24. The Bertz CT molecular complexity index is 505. The average Bonchev–Trinajstić information content (AvgIpc) is 2.94. The third-order valence-corrected chi connectivity index (χ3v) is 3.67. The van der Waals surface area contributed by atoms with Gasteiger partial charge in [0.1, 0.15) is 0 Å². The van der Waals surface area contributed by atoms with Crippen molar-refractivity contribution in [2.24, 2.45) is 5.92 Å². The number of hydrogen-bond acceptors (Lipinski definition) is 4. The van der Waals surface area contributed by atoms with E-state index in [-0.39, 0.29) is 30.7 Å². The summed E-state index contributed by atoms with van der Waals surface area (Å²) in [6.45, 7) is 2.71. The summed E-state index contributed by atoms with van der Waals surface area (Å²) in [5.41, 5.74) is 0.764. The van der Waals surface area contributed by atoms with Crippen LogP contribution in [-0.2, 0) is 9.59 Å². The van der Waals surface area contributed by atoms with Crippen LogP contribution >= 0.6 is 36.2 Å². The minimum atomic E-state index is -0.829. The van der Waals surface area contributed by atoms with Crippen LogP contribution in [0.25, 0.3) is 6.08 Å². The lowest BCUT2D eigenvalue weighted by Crippen LogP contribution is -2.28. The highest BCUT2D eigenvalue weighted by atomic mass is 35.5. The van der Waals surface area contributed by atoms with Gasteiger partial charge in [-0.05, 0) is 19.4 Å². The fourth-order valence-electron chi connectivity index (χ4n) is 1.88. The quantitative estimate of drug-likeness (QED) is 0.858. The Morgan fingerprint density at radius 2 is 2.20 bits per heavy atom. The molecule has 1 aromatic heterocycles. The third-order valence-electron chi connectivity index (χ3n) is 2.88. The molecule has 1 unspecified atom stereocenters. The van der Waals surface area contributed by atoms with E-state index >= 15 is 0 Å². The normalized spacial score (nSPS) is 17.6. The van der Waals surface area contributed by atoms with Crippen molar-refractivity contribution in [2.75, 3.05) is 13.1 Å². The highest BCUT2D eigenvalue weighted by molar-refractivity contribution is 7.09. The maximum Gasteiger partial charge on any atom is 0.308 e. The number of likely N-dealkylation sites (tertiary alicyclic amines) is 1. The van der Waals surface area contributed by atoms with Crippen LogP contribution in [0.1, 0.15) is 17.1 Å². The summed E-state index contributed by atoms with van der Waals surface area (Å²) in [6.07, 6.45) is 3.66. The van der Waals surface area contributed by atoms with E-state index < -0.39 is 11.9 Å². The first-order valence-corrected chi connectivity index (χ1v) is 6.56. The number of nitrogens with zero attached hydrogens (tertiary/aromatic N) is 2. The van der Waals surface area contributed by atoms with Crippen LogP contribution in [-0.4, -0.2) is 40.0 Å². The fourth-order valence-corrected chi connectivity index (χ4v) is 2.46. The van der Waals surface area contributed by atoms with Gasteiger partial charge in [0.05, 0.1) is 16.6 Å². The number of aliphatic carboxylic acids is 1. The van der Waals surface area contributed by atoms with Crippen molar-refractivity contribution < 1.29 is 14.7 Å². The Kier molecular flexibility index (Phi) is 7.78. The van der Waals surface area contributed by atoms with E-state index in [2.05, 4.69) is 4.98 Å². The molecule has 1 atom stereocenters. The van der Waals surface area contributed by atoms with E-state index in [9.17, 15) is 9.59 Å². The molecule has 2 heterocycles. The zero-order valence-corrected chi connectivity index (χ0v) is 13.3. The molecule has 5 nitrogen and oxygen atoms in total. The Labute approximate surface area is 133 Å². The number of aryl methyl sites for hydroxylation is 1. The minimum absolute atomic E-state index is 0. The summed E-state index contributed by atoms with van der Waals surface area (Å²) < 4.78 is 0. The number of thiazole rings is 1. The molecule has 0 radical (unpaired) electrons. The van der Waals surface area contributed by atoms with Gasteiger partial charge in [-0.25, -0.2) is 4.98 Å². The lowest BCUT2D eigenvalue weighted by molar-refractivity contribution is -0.141. The summed E-state index contributed by atoms with van der Waals surface area (Å²) in [5, 5.41) is 11.7. The third kappa shape index (κ3) is 4.77. The Hall–Kier alpha value is -1.11. The summed E-state index contributed by atoms with van der Waals surface area (Å²) in [6, 6.07) is 0. The number of rotatable bonds is 3. The second-order valence-corrected chi connectivity index (χ2v) is 5.30. The molecular formula is C12H16Cl2N2O3S. The van der Waals surface area contributed by atoms with Gasteiger partial charge in [0.15, 0.2) is 0 Å². The molecule has 112 valence electrons. The second-order valence-electron chi connectivity index (χ2n) is 4.23. The molecule has 1 aromatic rings. The predicted molar refractivity (Wildman–Crippen MR) is 82.7 cm³/mol. The Morgan fingerprint density at radius 1 is 1.50 bits per heavy atom. The molecule has 20 heavy (non-hydrogen) atoms. The summed E-state index contributed by atoms with van der Waals surface area (Å²) in [7, 11) is 0. The van der Waals surface area contributed by atoms with Gasteiger partial charge < -0.3 is 10.0 Å². The van der Waals surface area contributed by atoms with Crippen molar-refractivity contribution in [2.45, 2.75) is 13.3 Å². The van der Waals surface area contributed by atoms with Gasteiger partial charge in [-0.2, -0.15) is 0 Å². The summed E-state index contributed by atoms with van der Waals surface area (Å²) in [5.74, 6) is -1.40. The van der Waals surface area contributed by atoms with Crippen LogP contribution in [0, 0.1) is 12.8 Å². The number of aromatic nitrogens is 1. The molecule has 2 rings (SSSR count). The van der Waals surface area contributed by atoms with Crippen LogP contribution in [0.4, 0.5) is 0 Å². The first-order chi connectivity index (χ1) is 8.56. The molecule has 0 spiro atoms. The number of halogens is 2. The highest BCUT2D eigenvalue weighted by Gasteiger charge is 2.29. The van der Waals surface area contributed by atoms with E-state index in [0.29, 0.717) is 19.5 Å². The first kappa shape index (κ1) is 18.9. The van der Waals surface area contributed by atoms with Crippen molar-refractivity contribution in [3.8, 4) is 0 Å². The van der Waals surface area contributed by atoms with E-state index in [1.165, 1.54) is 17.4 Å². The number of carboxylic acid groups (broad SMARTS) is 1. The van der Waals surface area contributed by atoms with Crippen molar-refractivity contribution in [3.05, 3.63) is 22.2 Å². The number of carbonyl (C=O) groups excluding carboxylic acids is 1. The van der Waals surface area contributed by atoms with Gasteiger partial charge in [-0.15, -0.1) is 36.2 Å². The highest BCUT2D eigenvalue weighted by Crippen LogP contribution is 2.17. The van der Waals surface area contributed by atoms with Crippen molar-refractivity contribution in [3.63, 3.8) is 0 Å². The largest absolute Gasteiger partial charge is 0.481 e. The van der Waals surface area contributed by atoms with E-state index in [4.69, 9.17) is 5.11 Å². The zero-order chi connectivity index (χ0) is 13.1. The molecule has 1 fully saturated rings. The van der Waals surface area contributed by atoms with Gasteiger partial charge in [-0.3, -0.25) is 9.59 Å². The average molecular weight is 339 g/mol. The maximum atomic E-state index is 11.8. The number of carbonyl (C=O) groups is 2. The van der Waals surface area contributed by atoms with Gasteiger partial charge >= 0.3 is 5.97 Å². The molecule has 1 aliphatic rings. The van der Waals surface area contributed by atoms with Crippen LogP contribution in [0.15, 0.2) is 11.5 Å². The topological polar surface area (TPSA) is 70.5 Å². The van der Waals surface area contributed by atoms with Crippen LogP contribution in [0.2, 0.25) is 0 Å². The van der Waals surface area contributed by atoms with E-state index in [0.717, 1.165) is 10.7 Å². The first-order valence-electron chi connectivity index (χ1n) is 5.68. The van der Waals surface area contributed by atoms with Crippen LogP contribution in [0.5, 0.6) is 0 Å². The molecular weight excluding hydrogens is 323 g/mol. The Balaban J connectivity index is 0.00000180. The molecule has 1 amide bonds. The molecule has 1 saturated heterocycles. The summed E-state index contributed by atoms with van der Waals surface area (Å²) in [4.78, 5) is 28.4. The molecule has 0 saturated carbocycles. The van der Waals surface area contributed by atoms with Crippen molar-refractivity contribution in [1.82, 2.24) is 9.88 Å². The zero-order valence-electron chi connectivity index (χ0n) is 10.8. The molecule has 0 aromatic carbocycles. The minimum Gasteiger partial charge on any atom is -0.481 e. The molecule has 0 aliphatic carbocycles. The molecule has 1 N–H and O–H groups in total.